The van der Waals surface area contributed by atoms with E-state index >= 15 is 0 Å². The highest BCUT2D eigenvalue weighted by Gasteiger charge is 2.21. The number of carbonyl (C=O) groups is 1. The Hall–Kier alpha value is -2.83. The van der Waals surface area contributed by atoms with Gasteiger partial charge in [-0.2, -0.15) is 0 Å². The first-order valence-corrected chi connectivity index (χ1v) is 12.4. The maximum absolute atomic E-state index is 13.3. The minimum absolute atomic E-state index is 0.0955. The number of thioether (sulfide) groups is 1. The molecule has 164 valence electrons. The average Bonchev–Trinajstić information content (AvgIpc) is 3.28. The summed E-state index contributed by atoms with van der Waals surface area (Å²) in [5, 5.41) is 0.720. The molecular weight excluding hydrogens is 436 g/mol. The first kappa shape index (κ1) is 22.4. The molecular formula is C26H26N2O2S2. The van der Waals surface area contributed by atoms with E-state index in [9.17, 15) is 4.79 Å². The van der Waals surface area contributed by atoms with E-state index in [0.29, 0.717) is 13.0 Å². The smallest absolute Gasteiger partial charge is 0.229 e. The number of anilines is 1. The number of hydrogen-bond acceptors (Lipinski definition) is 5. The van der Waals surface area contributed by atoms with Gasteiger partial charge in [0.2, 0.25) is 5.91 Å². The van der Waals surface area contributed by atoms with E-state index in [-0.39, 0.29) is 5.91 Å². The first-order chi connectivity index (χ1) is 15.7. The van der Waals surface area contributed by atoms with Crippen molar-refractivity contribution in [3.63, 3.8) is 0 Å². The van der Waals surface area contributed by atoms with Gasteiger partial charge >= 0.3 is 0 Å². The highest BCUT2D eigenvalue weighted by molar-refractivity contribution is 7.99. The first-order valence-electron chi connectivity index (χ1n) is 10.6. The SMILES string of the molecule is COc1ccc(C)c2sc(N(Cc3ccccc3)C(=O)CCCSc3ccccc3)nc12. The Kier molecular flexibility index (Phi) is 7.45. The monoisotopic (exact) mass is 462 g/mol. The van der Waals surface area contributed by atoms with Crippen LogP contribution in [0.4, 0.5) is 5.13 Å². The molecule has 0 atom stereocenters. The third-order valence-corrected chi connectivity index (χ3v) is 7.49. The van der Waals surface area contributed by atoms with Crippen LogP contribution in [0.25, 0.3) is 10.2 Å². The average molecular weight is 463 g/mol. The third-order valence-electron chi connectivity index (χ3n) is 5.17. The summed E-state index contributed by atoms with van der Waals surface area (Å²) in [5.74, 6) is 1.74. The molecule has 3 aromatic carbocycles. The Labute approximate surface area is 197 Å². The number of nitrogens with zero attached hydrogens (tertiary/aromatic N) is 2. The Bertz CT molecular complexity index is 1180. The van der Waals surface area contributed by atoms with Crippen LogP contribution < -0.4 is 9.64 Å². The molecule has 0 saturated heterocycles. The Morgan fingerprint density at radius 3 is 2.47 bits per heavy atom. The van der Waals surface area contributed by atoms with Crippen LogP contribution in [0.5, 0.6) is 5.75 Å². The van der Waals surface area contributed by atoms with Gasteiger partial charge < -0.3 is 4.74 Å². The minimum Gasteiger partial charge on any atom is -0.494 e. The van der Waals surface area contributed by atoms with Crippen molar-refractivity contribution in [2.24, 2.45) is 0 Å². The van der Waals surface area contributed by atoms with Gasteiger partial charge in [0, 0.05) is 11.3 Å². The molecule has 6 heteroatoms. The minimum atomic E-state index is 0.0955. The van der Waals surface area contributed by atoms with Gasteiger partial charge in [0.15, 0.2) is 5.13 Å². The van der Waals surface area contributed by atoms with Gasteiger partial charge in [0.05, 0.1) is 18.4 Å². The Morgan fingerprint density at radius 2 is 1.75 bits per heavy atom. The fourth-order valence-corrected chi connectivity index (χ4v) is 5.41. The number of hydrogen-bond donors (Lipinski definition) is 0. The van der Waals surface area contributed by atoms with Crippen molar-refractivity contribution in [3.05, 3.63) is 83.9 Å². The number of fused-ring (bicyclic) bond motifs is 1. The van der Waals surface area contributed by atoms with Crippen LogP contribution in [0.3, 0.4) is 0 Å². The lowest BCUT2D eigenvalue weighted by atomic mass is 10.2. The summed E-state index contributed by atoms with van der Waals surface area (Å²) in [6, 6.07) is 24.4. The molecule has 0 unspecified atom stereocenters. The molecule has 4 aromatic rings. The summed E-state index contributed by atoms with van der Waals surface area (Å²) in [5.41, 5.74) is 3.04. The molecule has 32 heavy (non-hydrogen) atoms. The molecule has 0 fully saturated rings. The van der Waals surface area contributed by atoms with Gasteiger partial charge in [-0.1, -0.05) is 65.9 Å². The van der Waals surface area contributed by atoms with E-state index in [2.05, 4.69) is 19.1 Å². The molecule has 0 saturated carbocycles. The van der Waals surface area contributed by atoms with Crippen molar-refractivity contribution < 1.29 is 9.53 Å². The predicted octanol–water partition coefficient (Wildman–Crippen LogP) is 6.72. The number of aryl methyl sites for hydroxylation is 1. The van der Waals surface area contributed by atoms with E-state index in [1.165, 1.54) is 4.90 Å². The van der Waals surface area contributed by atoms with Gasteiger partial charge in [-0.05, 0) is 48.4 Å². The molecule has 0 aliphatic carbocycles. The van der Waals surface area contributed by atoms with Crippen LogP contribution in [0.1, 0.15) is 24.0 Å². The van der Waals surface area contributed by atoms with E-state index < -0.39 is 0 Å². The van der Waals surface area contributed by atoms with Crippen molar-refractivity contribution in [2.45, 2.75) is 31.2 Å². The molecule has 1 heterocycles. The van der Waals surface area contributed by atoms with Crippen molar-refractivity contribution in [1.82, 2.24) is 4.98 Å². The Morgan fingerprint density at radius 1 is 1.03 bits per heavy atom. The van der Waals surface area contributed by atoms with Gasteiger partial charge in [-0.3, -0.25) is 9.69 Å². The number of ether oxygens (including phenoxy) is 1. The zero-order chi connectivity index (χ0) is 22.3. The summed E-state index contributed by atoms with van der Waals surface area (Å²) in [7, 11) is 1.65. The topological polar surface area (TPSA) is 42.4 Å². The summed E-state index contributed by atoms with van der Waals surface area (Å²) in [6.07, 6.45) is 1.30. The van der Waals surface area contributed by atoms with Crippen molar-refractivity contribution in [3.8, 4) is 5.75 Å². The largest absolute Gasteiger partial charge is 0.494 e. The number of benzene rings is 3. The van der Waals surface area contributed by atoms with Crippen LogP contribution in [0.15, 0.2) is 77.7 Å². The highest BCUT2D eigenvalue weighted by atomic mass is 32.2. The van der Waals surface area contributed by atoms with Crippen molar-refractivity contribution >= 4 is 44.4 Å². The summed E-state index contributed by atoms with van der Waals surface area (Å²) < 4.78 is 6.57. The molecule has 0 N–H and O–H groups in total. The number of methoxy groups -OCH3 is 1. The Balaban J connectivity index is 1.54. The number of carbonyl (C=O) groups excluding carboxylic acids is 1. The molecule has 0 aliphatic rings. The molecule has 4 nitrogen and oxygen atoms in total. The molecule has 4 rings (SSSR count). The van der Waals surface area contributed by atoms with Gasteiger partial charge in [0.25, 0.3) is 0 Å². The lowest BCUT2D eigenvalue weighted by Crippen LogP contribution is -2.30. The lowest BCUT2D eigenvalue weighted by molar-refractivity contribution is -0.118. The molecule has 0 aliphatic heterocycles. The van der Waals surface area contributed by atoms with Crippen LogP contribution in [0.2, 0.25) is 0 Å². The second-order valence-corrected chi connectivity index (χ2v) is 9.64. The van der Waals surface area contributed by atoms with E-state index in [4.69, 9.17) is 9.72 Å². The number of rotatable bonds is 9. The van der Waals surface area contributed by atoms with Crippen LogP contribution in [-0.2, 0) is 11.3 Å². The summed E-state index contributed by atoms with van der Waals surface area (Å²) in [4.78, 5) is 21.2. The standard InChI is InChI=1S/C26H26N2O2S2/c1-19-15-16-22(30-2)24-25(19)32-26(27-24)28(18-20-10-5-3-6-11-20)23(29)14-9-17-31-21-12-7-4-8-13-21/h3-8,10-13,15-16H,9,14,17-18H2,1-2H3. The van der Waals surface area contributed by atoms with Gasteiger partial charge in [-0.15, -0.1) is 11.8 Å². The van der Waals surface area contributed by atoms with Gasteiger partial charge in [0.1, 0.15) is 11.3 Å². The molecule has 0 radical (unpaired) electrons. The maximum atomic E-state index is 13.3. The summed E-state index contributed by atoms with van der Waals surface area (Å²) in [6.45, 7) is 2.57. The quantitative estimate of drug-likeness (QED) is 0.205. The van der Waals surface area contributed by atoms with E-state index in [0.717, 1.165) is 44.4 Å². The number of amides is 1. The van der Waals surface area contributed by atoms with E-state index in [1.807, 2.05) is 65.6 Å². The number of thiazole rings is 1. The van der Waals surface area contributed by atoms with Crippen LogP contribution in [-0.4, -0.2) is 23.8 Å². The normalized spacial score (nSPS) is 10.9. The van der Waals surface area contributed by atoms with Crippen molar-refractivity contribution in [1.29, 1.82) is 0 Å². The maximum Gasteiger partial charge on any atom is 0.229 e. The fourth-order valence-electron chi connectivity index (χ4n) is 3.47. The number of aromatic nitrogens is 1. The predicted molar refractivity (Wildman–Crippen MR) is 135 cm³/mol. The zero-order valence-electron chi connectivity index (χ0n) is 18.3. The summed E-state index contributed by atoms with van der Waals surface area (Å²) >= 11 is 3.34. The van der Waals surface area contributed by atoms with Crippen LogP contribution in [0, 0.1) is 6.92 Å². The highest BCUT2D eigenvalue weighted by Crippen LogP contribution is 2.37. The van der Waals surface area contributed by atoms with Crippen molar-refractivity contribution in [2.75, 3.05) is 17.8 Å². The second-order valence-electron chi connectivity index (χ2n) is 7.49. The van der Waals surface area contributed by atoms with Crippen LogP contribution >= 0.6 is 23.1 Å². The van der Waals surface area contributed by atoms with E-state index in [1.54, 1.807) is 30.2 Å². The molecule has 1 aromatic heterocycles. The van der Waals surface area contributed by atoms with Gasteiger partial charge in [-0.25, -0.2) is 4.98 Å². The molecule has 0 spiro atoms. The third kappa shape index (κ3) is 5.31. The second kappa shape index (κ2) is 10.7. The molecule has 1 amide bonds. The fraction of sp³-hybridized carbons (Fsp3) is 0.231. The molecule has 0 bridgehead atoms. The zero-order valence-corrected chi connectivity index (χ0v) is 19.9. The lowest BCUT2D eigenvalue weighted by Gasteiger charge is -2.20.